The lowest BCUT2D eigenvalue weighted by Crippen LogP contribution is -2.05. The van der Waals surface area contributed by atoms with E-state index in [1.807, 2.05) is 6.92 Å². The summed E-state index contributed by atoms with van der Waals surface area (Å²) >= 11 is 0. The van der Waals surface area contributed by atoms with Gasteiger partial charge in [-0.2, -0.15) is 18.3 Å². The van der Waals surface area contributed by atoms with E-state index in [0.717, 1.165) is 17.8 Å². The molecule has 0 saturated carbocycles. The molecule has 2 aromatic rings. The van der Waals surface area contributed by atoms with Crippen molar-refractivity contribution in [3.05, 3.63) is 29.5 Å². The molecule has 0 spiro atoms. The minimum Gasteiger partial charge on any atom is -0.384 e. The molecule has 2 N–H and O–H groups in total. The normalized spacial score (nSPS) is 11.8. The Balaban J connectivity index is 2.46. The summed E-state index contributed by atoms with van der Waals surface area (Å²) < 4.78 is 38.9. The van der Waals surface area contributed by atoms with E-state index in [0.29, 0.717) is 23.6 Å². The maximum atomic E-state index is 12.5. The quantitative estimate of drug-likeness (QED) is 0.912. The van der Waals surface area contributed by atoms with Crippen molar-refractivity contribution >= 4 is 5.82 Å². The molecule has 0 aliphatic heterocycles. The summed E-state index contributed by atoms with van der Waals surface area (Å²) in [5.74, 6) is 0.499. The number of aromatic nitrogens is 3. The average Bonchev–Trinajstić information content (AvgIpc) is 2.64. The average molecular weight is 270 g/mol. The number of aryl methyl sites for hydroxylation is 1. The molecular weight excluding hydrogens is 257 g/mol. The standard InChI is InChI=1S/C12H13F3N4/c1-3-8-10(18-19(2)11(8)16)9-5-4-7(6-17-9)12(13,14)15/h4-6H,3,16H2,1-2H3. The van der Waals surface area contributed by atoms with E-state index in [9.17, 15) is 13.2 Å². The van der Waals surface area contributed by atoms with Crippen molar-refractivity contribution < 1.29 is 13.2 Å². The van der Waals surface area contributed by atoms with Gasteiger partial charge in [0.2, 0.25) is 0 Å². The third-order valence-corrected chi connectivity index (χ3v) is 2.88. The fourth-order valence-electron chi connectivity index (χ4n) is 1.84. The van der Waals surface area contributed by atoms with E-state index in [1.54, 1.807) is 7.05 Å². The number of nitrogens with zero attached hydrogens (tertiary/aromatic N) is 3. The number of anilines is 1. The molecule has 0 amide bonds. The molecule has 0 atom stereocenters. The lowest BCUT2D eigenvalue weighted by molar-refractivity contribution is -0.137. The summed E-state index contributed by atoms with van der Waals surface area (Å²) in [5.41, 5.74) is 6.76. The second-order valence-electron chi connectivity index (χ2n) is 4.12. The number of alkyl halides is 3. The summed E-state index contributed by atoms with van der Waals surface area (Å²) in [6.45, 7) is 1.90. The summed E-state index contributed by atoms with van der Waals surface area (Å²) in [7, 11) is 1.68. The molecule has 2 aromatic heterocycles. The Morgan fingerprint density at radius 1 is 1.32 bits per heavy atom. The second kappa shape index (κ2) is 4.56. The van der Waals surface area contributed by atoms with Gasteiger partial charge in [0, 0.05) is 18.8 Å². The summed E-state index contributed by atoms with van der Waals surface area (Å²) in [4.78, 5) is 3.83. The van der Waals surface area contributed by atoms with Crippen molar-refractivity contribution in [3.8, 4) is 11.4 Å². The van der Waals surface area contributed by atoms with E-state index in [1.165, 1.54) is 10.7 Å². The molecule has 0 bridgehead atoms. The maximum absolute atomic E-state index is 12.5. The number of hydrogen-bond donors (Lipinski definition) is 1. The number of hydrogen-bond acceptors (Lipinski definition) is 3. The Kier molecular flexibility index (Phi) is 3.21. The first-order valence-electron chi connectivity index (χ1n) is 5.69. The highest BCUT2D eigenvalue weighted by molar-refractivity contribution is 5.65. The topological polar surface area (TPSA) is 56.7 Å². The Hall–Kier alpha value is -2.05. The maximum Gasteiger partial charge on any atom is 0.417 e. The molecule has 0 saturated heterocycles. The zero-order chi connectivity index (χ0) is 14.2. The van der Waals surface area contributed by atoms with Crippen LogP contribution in [0.4, 0.5) is 19.0 Å². The van der Waals surface area contributed by atoms with Gasteiger partial charge in [0.25, 0.3) is 0 Å². The fourth-order valence-corrected chi connectivity index (χ4v) is 1.84. The third kappa shape index (κ3) is 2.40. The molecule has 7 heteroatoms. The monoisotopic (exact) mass is 270 g/mol. The lowest BCUT2D eigenvalue weighted by atomic mass is 10.1. The van der Waals surface area contributed by atoms with Crippen LogP contribution in [0.1, 0.15) is 18.1 Å². The number of nitrogens with two attached hydrogens (primary N) is 1. The molecule has 19 heavy (non-hydrogen) atoms. The SMILES string of the molecule is CCc1c(-c2ccc(C(F)(F)F)cn2)nn(C)c1N. The Morgan fingerprint density at radius 3 is 2.47 bits per heavy atom. The number of nitrogen functional groups attached to an aromatic ring is 1. The molecule has 0 unspecified atom stereocenters. The van der Waals surface area contributed by atoms with Crippen LogP contribution >= 0.6 is 0 Å². The van der Waals surface area contributed by atoms with Gasteiger partial charge in [-0.1, -0.05) is 6.92 Å². The van der Waals surface area contributed by atoms with Crippen LogP contribution in [0.2, 0.25) is 0 Å². The van der Waals surface area contributed by atoms with E-state index < -0.39 is 11.7 Å². The first-order valence-corrected chi connectivity index (χ1v) is 5.69. The molecule has 0 radical (unpaired) electrons. The van der Waals surface area contributed by atoms with Crippen LogP contribution in [-0.2, 0) is 19.6 Å². The zero-order valence-electron chi connectivity index (χ0n) is 10.5. The molecule has 0 fully saturated rings. The van der Waals surface area contributed by atoms with Crippen molar-refractivity contribution in [1.82, 2.24) is 14.8 Å². The van der Waals surface area contributed by atoms with Gasteiger partial charge in [-0.15, -0.1) is 0 Å². The third-order valence-electron chi connectivity index (χ3n) is 2.88. The molecule has 2 heterocycles. The van der Waals surface area contributed by atoms with Gasteiger partial charge in [0.05, 0.1) is 11.3 Å². The van der Waals surface area contributed by atoms with E-state index in [4.69, 9.17) is 5.73 Å². The summed E-state index contributed by atoms with van der Waals surface area (Å²) in [6, 6.07) is 2.30. The van der Waals surface area contributed by atoms with Gasteiger partial charge in [-0.25, -0.2) is 0 Å². The first-order chi connectivity index (χ1) is 8.84. The summed E-state index contributed by atoms with van der Waals surface area (Å²) in [6.07, 6.45) is -2.94. The molecular formula is C12H13F3N4. The molecule has 102 valence electrons. The Labute approximate surface area is 108 Å². The van der Waals surface area contributed by atoms with Crippen molar-refractivity contribution in [2.75, 3.05) is 5.73 Å². The highest BCUT2D eigenvalue weighted by Gasteiger charge is 2.30. The molecule has 0 aliphatic carbocycles. The van der Waals surface area contributed by atoms with Gasteiger partial charge in [-0.3, -0.25) is 9.67 Å². The van der Waals surface area contributed by atoms with Gasteiger partial charge >= 0.3 is 6.18 Å². The van der Waals surface area contributed by atoms with Crippen LogP contribution in [-0.4, -0.2) is 14.8 Å². The molecule has 4 nitrogen and oxygen atoms in total. The number of rotatable bonds is 2. The molecule has 2 rings (SSSR count). The minimum atomic E-state index is -4.39. The smallest absolute Gasteiger partial charge is 0.384 e. The minimum absolute atomic E-state index is 0.386. The van der Waals surface area contributed by atoms with Crippen molar-refractivity contribution in [1.29, 1.82) is 0 Å². The van der Waals surface area contributed by atoms with E-state index in [2.05, 4.69) is 10.1 Å². The van der Waals surface area contributed by atoms with Crippen LogP contribution in [0.15, 0.2) is 18.3 Å². The highest BCUT2D eigenvalue weighted by atomic mass is 19.4. The van der Waals surface area contributed by atoms with Crippen molar-refractivity contribution in [3.63, 3.8) is 0 Å². The van der Waals surface area contributed by atoms with Crippen LogP contribution in [0.3, 0.4) is 0 Å². The van der Waals surface area contributed by atoms with E-state index in [-0.39, 0.29) is 0 Å². The Morgan fingerprint density at radius 2 is 2.00 bits per heavy atom. The van der Waals surface area contributed by atoms with Gasteiger partial charge in [0.15, 0.2) is 0 Å². The van der Waals surface area contributed by atoms with Crippen LogP contribution in [0.5, 0.6) is 0 Å². The van der Waals surface area contributed by atoms with Crippen LogP contribution in [0, 0.1) is 0 Å². The van der Waals surface area contributed by atoms with Crippen LogP contribution < -0.4 is 5.73 Å². The first kappa shape index (κ1) is 13.4. The zero-order valence-corrected chi connectivity index (χ0v) is 10.5. The fraction of sp³-hybridized carbons (Fsp3) is 0.333. The molecule has 0 aromatic carbocycles. The largest absolute Gasteiger partial charge is 0.417 e. The van der Waals surface area contributed by atoms with Gasteiger partial charge < -0.3 is 5.73 Å². The second-order valence-corrected chi connectivity index (χ2v) is 4.12. The lowest BCUT2D eigenvalue weighted by Gasteiger charge is -2.06. The molecule has 0 aliphatic rings. The van der Waals surface area contributed by atoms with E-state index >= 15 is 0 Å². The van der Waals surface area contributed by atoms with Crippen molar-refractivity contribution in [2.24, 2.45) is 7.05 Å². The van der Waals surface area contributed by atoms with Gasteiger partial charge in [0.1, 0.15) is 11.5 Å². The summed E-state index contributed by atoms with van der Waals surface area (Å²) in [5, 5.41) is 4.19. The highest BCUT2D eigenvalue weighted by Crippen LogP contribution is 2.31. The predicted molar refractivity (Wildman–Crippen MR) is 65.2 cm³/mol. The van der Waals surface area contributed by atoms with Gasteiger partial charge in [-0.05, 0) is 18.6 Å². The number of halogens is 3. The Bertz CT molecular complexity index is 584. The predicted octanol–water partition coefficient (Wildman–Crippen LogP) is 2.65. The van der Waals surface area contributed by atoms with Crippen molar-refractivity contribution in [2.45, 2.75) is 19.5 Å². The number of pyridine rings is 1. The van der Waals surface area contributed by atoms with Crippen LogP contribution in [0.25, 0.3) is 11.4 Å².